The molecule has 0 fully saturated rings. The maximum absolute atomic E-state index is 12.6. The first-order chi connectivity index (χ1) is 13.5. The summed E-state index contributed by atoms with van der Waals surface area (Å²) in [5, 5.41) is 16.6. The SMILES string of the molecule is CC(C)(c1ccccc1)c1nnc(NC(=O)c2cc(S(N)(=O)=O)cc(Cl)c2Cl)s1. The van der Waals surface area contributed by atoms with Gasteiger partial charge in [0.1, 0.15) is 5.01 Å². The summed E-state index contributed by atoms with van der Waals surface area (Å²) < 4.78 is 23.2. The molecule has 2 aromatic carbocycles. The Balaban J connectivity index is 1.89. The van der Waals surface area contributed by atoms with Gasteiger partial charge in [0.05, 0.1) is 20.5 Å². The zero-order chi connectivity index (χ0) is 21.4. The van der Waals surface area contributed by atoms with Crippen LogP contribution in [0.5, 0.6) is 0 Å². The third-order valence-electron chi connectivity index (χ3n) is 4.25. The Labute approximate surface area is 181 Å². The molecule has 29 heavy (non-hydrogen) atoms. The fraction of sp³-hybridized carbons (Fsp3) is 0.167. The highest BCUT2D eigenvalue weighted by Crippen LogP contribution is 2.35. The van der Waals surface area contributed by atoms with E-state index in [4.69, 9.17) is 28.3 Å². The molecule has 11 heteroatoms. The van der Waals surface area contributed by atoms with E-state index < -0.39 is 21.3 Å². The van der Waals surface area contributed by atoms with Crippen LogP contribution in [0.2, 0.25) is 10.0 Å². The normalized spacial score (nSPS) is 12.0. The lowest BCUT2D eigenvalue weighted by molar-refractivity contribution is 0.102. The molecule has 0 unspecified atom stereocenters. The Morgan fingerprint density at radius 1 is 1.14 bits per heavy atom. The number of sulfonamides is 1. The van der Waals surface area contributed by atoms with Crippen LogP contribution in [0.1, 0.15) is 34.8 Å². The lowest BCUT2D eigenvalue weighted by atomic mass is 9.85. The number of nitrogens with one attached hydrogen (secondary N) is 1. The van der Waals surface area contributed by atoms with Gasteiger partial charge >= 0.3 is 0 Å². The largest absolute Gasteiger partial charge is 0.296 e. The molecular formula is C18H16Cl2N4O3S2. The Morgan fingerprint density at radius 2 is 1.79 bits per heavy atom. The first kappa shape index (κ1) is 21.7. The van der Waals surface area contributed by atoms with E-state index in [1.165, 1.54) is 11.3 Å². The second kappa shape index (κ2) is 8.00. The average Bonchev–Trinajstić information content (AvgIpc) is 3.13. The van der Waals surface area contributed by atoms with Gasteiger partial charge in [0, 0.05) is 5.41 Å². The van der Waals surface area contributed by atoms with E-state index >= 15 is 0 Å². The van der Waals surface area contributed by atoms with Gasteiger partial charge in [-0.05, 0) is 31.5 Å². The summed E-state index contributed by atoms with van der Waals surface area (Å²) in [7, 11) is -4.07. The molecule has 0 aliphatic carbocycles. The number of halogens is 2. The fourth-order valence-electron chi connectivity index (χ4n) is 2.56. The summed E-state index contributed by atoms with van der Waals surface area (Å²) in [6.45, 7) is 4.00. The molecule has 3 aromatic rings. The van der Waals surface area contributed by atoms with Crippen LogP contribution in [0.3, 0.4) is 0 Å². The number of amides is 1. The monoisotopic (exact) mass is 470 g/mol. The van der Waals surface area contributed by atoms with Crippen molar-refractivity contribution in [1.82, 2.24) is 10.2 Å². The Bertz CT molecular complexity index is 1180. The van der Waals surface area contributed by atoms with Gasteiger partial charge < -0.3 is 0 Å². The van der Waals surface area contributed by atoms with Gasteiger partial charge in [-0.1, -0.05) is 64.9 Å². The Hall–Kier alpha value is -2.04. The predicted octanol–water partition coefficient (Wildman–Crippen LogP) is 4.07. The highest BCUT2D eigenvalue weighted by atomic mass is 35.5. The number of nitrogens with zero attached hydrogens (tertiary/aromatic N) is 2. The van der Waals surface area contributed by atoms with Crippen molar-refractivity contribution in [3.8, 4) is 0 Å². The number of hydrogen-bond acceptors (Lipinski definition) is 6. The first-order valence-corrected chi connectivity index (χ1v) is 11.3. The molecule has 0 saturated heterocycles. The van der Waals surface area contributed by atoms with Crippen molar-refractivity contribution in [1.29, 1.82) is 0 Å². The van der Waals surface area contributed by atoms with Crippen molar-refractivity contribution in [3.05, 3.63) is 68.6 Å². The predicted molar refractivity (Wildman–Crippen MR) is 114 cm³/mol. The number of carbonyl (C=O) groups is 1. The molecule has 1 aromatic heterocycles. The topological polar surface area (TPSA) is 115 Å². The van der Waals surface area contributed by atoms with Crippen molar-refractivity contribution < 1.29 is 13.2 Å². The molecule has 7 nitrogen and oxygen atoms in total. The Kier molecular flexibility index (Phi) is 5.98. The summed E-state index contributed by atoms with van der Waals surface area (Å²) in [5.74, 6) is -0.678. The zero-order valence-corrected chi connectivity index (χ0v) is 18.5. The van der Waals surface area contributed by atoms with Gasteiger partial charge in [0.25, 0.3) is 5.91 Å². The molecule has 152 valence electrons. The molecule has 0 atom stereocenters. The van der Waals surface area contributed by atoms with Crippen molar-refractivity contribution in [2.75, 3.05) is 5.32 Å². The van der Waals surface area contributed by atoms with Gasteiger partial charge in [-0.15, -0.1) is 10.2 Å². The van der Waals surface area contributed by atoms with Crippen LogP contribution in [0.15, 0.2) is 47.4 Å². The van der Waals surface area contributed by atoms with Crippen LogP contribution in [0.25, 0.3) is 0 Å². The van der Waals surface area contributed by atoms with E-state index in [1.54, 1.807) is 0 Å². The number of carbonyl (C=O) groups excluding carboxylic acids is 1. The summed E-state index contributed by atoms with van der Waals surface area (Å²) in [6, 6.07) is 11.9. The van der Waals surface area contributed by atoms with E-state index in [-0.39, 0.29) is 25.6 Å². The third kappa shape index (κ3) is 4.59. The number of primary sulfonamides is 1. The molecule has 0 radical (unpaired) electrons. The van der Waals surface area contributed by atoms with E-state index in [0.717, 1.165) is 17.7 Å². The van der Waals surface area contributed by atoms with Crippen LogP contribution in [0, 0.1) is 0 Å². The van der Waals surface area contributed by atoms with Crippen LogP contribution >= 0.6 is 34.5 Å². The summed E-state index contributed by atoms with van der Waals surface area (Å²) in [5.41, 5.74) is 0.489. The van der Waals surface area contributed by atoms with Crippen LogP contribution in [-0.4, -0.2) is 24.5 Å². The standard InChI is InChI=1S/C18H16Cl2N4O3S2/c1-18(2,10-6-4-3-5-7-10)16-23-24-17(28-16)22-15(25)12-8-11(29(21,26)27)9-13(19)14(12)20/h3-9H,1-2H3,(H2,21,26,27)(H,22,24,25). The first-order valence-electron chi connectivity index (χ1n) is 8.23. The number of hydrogen-bond donors (Lipinski definition) is 2. The Morgan fingerprint density at radius 3 is 2.41 bits per heavy atom. The smallest absolute Gasteiger partial charge is 0.259 e. The van der Waals surface area contributed by atoms with Gasteiger partial charge in [-0.25, -0.2) is 13.6 Å². The van der Waals surface area contributed by atoms with Gasteiger partial charge in [0.15, 0.2) is 0 Å². The van der Waals surface area contributed by atoms with E-state index in [1.807, 2.05) is 44.2 Å². The second-order valence-corrected chi connectivity index (χ2v) is 9.99. The van der Waals surface area contributed by atoms with E-state index in [0.29, 0.717) is 5.01 Å². The zero-order valence-electron chi connectivity index (χ0n) is 15.3. The van der Waals surface area contributed by atoms with Crippen molar-refractivity contribution >= 4 is 55.6 Å². The van der Waals surface area contributed by atoms with E-state index in [2.05, 4.69) is 15.5 Å². The lowest BCUT2D eigenvalue weighted by Crippen LogP contribution is -2.18. The lowest BCUT2D eigenvalue weighted by Gasteiger charge is -2.21. The number of nitrogens with two attached hydrogens (primary N) is 1. The van der Waals surface area contributed by atoms with E-state index in [9.17, 15) is 13.2 Å². The van der Waals surface area contributed by atoms with Gasteiger partial charge in [-0.3, -0.25) is 10.1 Å². The molecule has 0 bridgehead atoms. The number of aromatic nitrogens is 2. The summed E-state index contributed by atoms with van der Waals surface area (Å²) in [4.78, 5) is 12.3. The summed E-state index contributed by atoms with van der Waals surface area (Å²) >= 11 is 13.2. The number of rotatable bonds is 5. The quantitative estimate of drug-likeness (QED) is 0.582. The average molecular weight is 471 g/mol. The molecule has 0 aliphatic heterocycles. The highest BCUT2D eigenvalue weighted by molar-refractivity contribution is 7.89. The maximum atomic E-state index is 12.6. The summed E-state index contributed by atoms with van der Waals surface area (Å²) in [6.07, 6.45) is 0. The number of anilines is 1. The molecule has 0 spiro atoms. The van der Waals surface area contributed by atoms with Gasteiger partial charge in [0.2, 0.25) is 15.2 Å². The minimum atomic E-state index is -4.07. The van der Waals surface area contributed by atoms with Crippen LogP contribution in [0.4, 0.5) is 5.13 Å². The molecule has 3 N–H and O–H groups in total. The van der Waals surface area contributed by atoms with Crippen molar-refractivity contribution in [2.24, 2.45) is 5.14 Å². The van der Waals surface area contributed by atoms with Crippen molar-refractivity contribution in [3.63, 3.8) is 0 Å². The van der Waals surface area contributed by atoms with Crippen LogP contribution in [-0.2, 0) is 15.4 Å². The highest BCUT2D eigenvalue weighted by Gasteiger charge is 2.28. The van der Waals surface area contributed by atoms with Crippen molar-refractivity contribution in [2.45, 2.75) is 24.2 Å². The molecule has 1 heterocycles. The maximum Gasteiger partial charge on any atom is 0.259 e. The second-order valence-electron chi connectivity index (χ2n) is 6.67. The fourth-order valence-corrected chi connectivity index (χ4v) is 4.47. The van der Waals surface area contributed by atoms with Crippen LogP contribution < -0.4 is 10.5 Å². The van der Waals surface area contributed by atoms with Gasteiger partial charge in [-0.2, -0.15) is 0 Å². The molecule has 0 aliphatic rings. The molecule has 0 saturated carbocycles. The third-order valence-corrected chi connectivity index (χ3v) is 7.11. The minimum absolute atomic E-state index is 0.0917. The molecule has 1 amide bonds. The minimum Gasteiger partial charge on any atom is -0.296 e. The molecular weight excluding hydrogens is 455 g/mol. The number of benzene rings is 2. The molecule has 3 rings (SSSR count).